The van der Waals surface area contributed by atoms with E-state index in [0.717, 1.165) is 0 Å². The SMILES string of the molecule is NC(=O)CC(N)C(=O)Nc1ccc(Br)c(C(=O)O)c1. The van der Waals surface area contributed by atoms with Crippen LogP contribution in [0.2, 0.25) is 0 Å². The molecule has 0 bridgehead atoms. The van der Waals surface area contributed by atoms with Crippen LogP contribution in [0.3, 0.4) is 0 Å². The number of nitrogens with two attached hydrogens (primary N) is 2. The Balaban J connectivity index is 2.83. The van der Waals surface area contributed by atoms with Crippen LogP contribution in [0.4, 0.5) is 5.69 Å². The summed E-state index contributed by atoms with van der Waals surface area (Å²) in [6.45, 7) is 0. The standard InChI is InChI=1S/C11H12BrN3O4/c12-7-2-1-5(3-6(7)11(18)19)15-10(17)8(13)4-9(14)16/h1-3,8H,4,13H2,(H2,14,16)(H,15,17)(H,18,19). The van der Waals surface area contributed by atoms with Crippen LogP contribution in [0.25, 0.3) is 0 Å². The summed E-state index contributed by atoms with van der Waals surface area (Å²) in [4.78, 5) is 33.2. The lowest BCUT2D eigenvalue weighted by Crippen LogP contribution is -2.39. The topological polar surface area (TPSA) is 136 Å². The molecule has 0 aliphatic carbocycles. The van der Waals surface area contributed by atoms with Crippen LogP contribution >= 0.6 is 15.9 Å². The van der Waals surface area contributed by atoms with Crippen molar-refractivity contribution in [2.24, 2.45) is 11.5 Å². The zero-order valence-electron chi connectivity index (χ0n) is 9.72. The van der Waals surface area contributed by atoms with Crippen LogP contribution < -0.4 is 16.8 Å². The predicted octanol–water partition coefficient (Wildman–Crippen LogP) is 0.288. The molecule has 1 unspecified atom stereocenters. The lowest BCUT2D eigenvalue weighted by atomic mass is 10.1. The molecular formula is C11H12BrN3O4. The Morgan fingerprint density at radius 2 is 2.00 bits per heavy atom. The van der Waals surface area contributed by atoms with Crippen LogP contribution in [0, 0.1) is 0 Å². The van der Waals surface area contributed by atoms with Gasteiger partial charge in [0.1, 0.15) is 0 Å². The van der Waals surface area contributed by atoms with Gasteiger partial charge in [-0.25, -0.2) is 4.79 Å². The van der Waals surface area contributed by atoms with Crippen LogP contribution in [0.15, 0.2) is 22.7 Å². The molecular weight excluding hydrogens is 318 g/mol. The number of anilines is 1. The predicted molar refractivity (Wildman–Crippen MR) is 71.5 cm³/mol. The third-order valence-electron chi connectivity index (χ3n) is 2.22. The molecule has 1 rings (SSSR count). The van der Waals surface area contributed by atoms with Gasteiger partial charge in [-0.15, -0.1) is 0 Å². The van der Waals surface area contributed by atoms with Gasteiger partial charge in [0.25, 0.3) is 0 Å². The van der Waals surface area contributed by atoms with Crippen molar-refractivity contribution in [3.8, 4) is 0 Å². The van der Waals surface area contributed by atoms with E-state index >= 15 is 0 Å². The molecule has 0 saturated carbocycles. The number of halogens is 1. The van der Waals surface area contributed by atoms with Crippen molar-refractivity contribution < 1.29 is 19.5 Å². The van der Waals surface area contributed by atoms with Gasteiger partial charge in [0, 0.05) is 10.2 Å². The van der Waals surface area contributed by atoms with E-state index in [2.05, 4.69) is 21.2 Å². The van der Waals surface area contributed by atoms with Crippen molar-refractivity contribution in [1.82, 2.24) is 0 Å². The van der Waals surface area contributed by atoms with E-state index in [9.17, 15) is 14.4 Å². The van der Waals surface area contributed by atoms with Gasteiger partial charge in [-0.05, 0) is 34.1 Å². The molecule has 1 aromatic rings. The first-order valence-corrected chi connectivity index (χ1v) is 5.98. The molecule has 1 atom stereocenters. The van der Waals surface area contributed by atoms with E-state index in [1.54, 1.807) is 0 Å². The highest BCUT2D eigenvalue weighted by molar-refractivity contribution is 9.10. The second-order valence-electron chi connectivity index (χ2n) is 3.77. The van der Waals surface area contributed by atoms with Crippen LogP contribution in [-0.2, 0) is 9.59 Å². The summed E-state index contributed by atoms with van der Waals surface area (Å²) >= 11 is 3.08. The third-order valence-corrected chi connectivity index (χ3v) is 2.91. The maximum Gasteiger partial charge on any atom is 0.336 e. The Morgan fingerprint density at radius 3 is 2.53 bits per heavy atom. The molecule has 0 aliphatic rings. The summed E-state index contributed by atoms with van der Waals surface area (Å²) in [5, 5.41) is 11.3. The molecule has 0 aliphatic heterocycles. The van der Waals surface area contributed by atoms with Crippen LogP contribution in [0.5, 0.6) is 0 Å². The molecule has 0 spiro atoms. The number of aromatic carboxylic acids is 1. The molecule has 102 valence electrons. The molecule has 0 radical (unpaired) electrons. The monoisotopic (exact) mass is 329 g/mol. The lowest BCUT2D eigenvalue weighted by Gasteiger charge is -2.11. The van der Waals surface area contributed by atoms with Crippen molar-refractivity contribution in [2.45, 2.75) is 12.5 Å². The number of nitrogens with one attached hydrogen (secondary N) is 1. The number of rotatable bonds is 5. The zero-order chi connectivity index (χ0) is 14.6. The lowest BCUT2D eigenvalue weighted by molar-refractivity contribution is -0.123. The minimum atomic E-state index is -1.13. The second-order valence-corrected chi connectivity index (χ2v) is 4.62. The van der Waals surface area contributed by atoms with E-state index in [4.69, 9.17) is 16.6 Å². The molecule has 2 amide bonds. The summed E-state index contributed by atoms with van der Waals surface area (Å²) in [7, 11) is 0. The van der Waals surface area contributed by atoms with E-state index in [1.807, 2.05) is 0 Å². The quantitative estimate of drug-likeness (QED) is 0.615. The van der Waals surface area contributed by atoms with Crippen molar-refractivity contribution in [1.29, 1.82) is 0 Å². The number of carboxylic acids is 1. The molecule has 0 aromatic heterocycles. The molecule has 8 heteroatoms. The number of carbonyl (C=O) groups is 3. The minimum Gasteiger partial charge on any atom is -0.478 e. The van der Waals surface area contributed by atoms with E-state index < -0.39 is 23.8 Å². The maximum absolute atomic E-state index is 11.6. The fraction of sp³-hybridized carbons (Fsp3) is 0.182. The average Bonchev–Trinajstić information content (AvgIpc) is 2.30. The minimum absolute atomic E-state index is 0.00118. The van der Waals surface area contributed by atoms with Gasteiger partial charge in [-0.3, -0.25) is 9.59 Å². The van der Waals surface area contributed by atoms with Crippen molar-refractivity contribution in [2.75, 3.05) is 5.32 Å². The number of hydrogen-bond donors (Lipinski definition) is 4. The zero-order valence-corrected chi connectivity index (χ0v) is 11.3. The Morgan fingerprint density at radius 1 is 1.37 bits per heavy atom. The van der Waals surface area contributed by atoms with E-state index in [-0.39, 0.29) is 17.7 Å². The Labute approximate surface area is 117 Å². The Hall–Kier alpha value is -1.93. The molecule has 1 aromatic carbocycles. The summed E-state index contributed by atoms with van der Waals surface area (Å²) in [6.07, 6.45) is -0.284. The van der Waals surface area contributed by atoms with Crippen LogP contribution in [0.1, 0.15) is 16.8 Å². The van der Waals surface area contributed by atoms with Gasteiger partial charge in [-0.2, -0.15) is 0 Å². The summed E-state index contributed by atoms with van der Waals surface area (Å²) in [6, 6.07) is 3.19. The van der Waals surface area contributed by atoms with Crippen LogP contribution in [-0.4, -0.2) is 28.9 Å². The highest BCUT2D eigenvalue weighted by Crippen LogP contribution is 2.21. The van der Waals surface area contributed by atoms with Crippen molar-refractivity contribution in [3.63, 3.8) is 0 Å². The first kappa shape index (κ1) is 15.1. The molecule has 0 heterocycles. The van der Waals surface area contributed by atoms with Gasteiger partial charge in [-0.1, -0.05) is 0 Å². The van der Waals surface area contributed by atoms with Crippen molar-refractivity contribution >= 4 is 39.4 Å². The number of amides is 2. The number of hydrogen-bond acceptors (Lipinski definition) is 4. The van der Waals surface area contributed by atoms with Gasteiger partial charge in [0.05, 0.1) is 18.0 Å². The van der Waals surface area contributed by atoms with Gasteiger partial charge in [0.15, 0.2) is 0 Å². The average molecular weight is 330 g/mol. The summed E-state index contributed by atoms with van der Waals surface area (Å²) in [5.41, 5.74) is 10.7. The second kappa shape index (κ2) is 6.30. The highest BCUT2D eigenvalue weighted by Gasteiger charge is 2.17. The normalized spacial score (nSPS) is 11.7. The first-order chi connectivity index (χ1) is 8.81. The summed E-state index contributed by atoms with van der Waals surface area (Å²) < 4.78 is 0.388. The Bertz CT molecular complexity index is 533. The fourth-order valence-electron chi connectivity index (χ4n) is 1.31. The molecule has 0 saturated heterocycles. The molecule has 0 fully saturated rings. The number of carbonyl (C=O) groups excluding carboxylic acids is 2. The summed E-state index contributed by atoms with van der Waals surface area (Å²) in [5.74, 6) is -2.44. The number of primary amides is 1. The van der Waals surface area contributed by atoms with Crippen molar-refractivity contribution in [3.05, 3.63) is 28.2 Å². The third kappa shape index (κ3) is 4.34. The Kier molecular flexibility index (Phi) is 5.02. The molecule has 19 heavy (non-hydrogen) atoms. The van der Waals surface area contributed by atoms with E-state index in [1.165, 1.54) is 18.2 Å². The number of carboxylic acid groups (broad SMARTS) is 1. The largest absolute Gasteiger partial charge is 0.478 e. The van der Waals surface area contributed by atoms with E-state index in [0.29, 0.717) is 4.47 Å². The van der Waals surface area contributed by atoms with Gasteiger partial charge >= 0.3 is 5.97 Å². The smallest absolute Gasteiger partial charge is 0.336 e. The molecule has 6 N–H and O–H groups in total. The highest BCUT2D eigenvalue weighted by atomic mass is 79.9. The fourth-order valence-corrected chi connectivity index (χ4v) is 1.73. The maximum atomic E-state index is 11.6. The number of benzene rings is 1. The van der Waals surface area contributed by atoms with Gasteiger partial charge in [0.2, 0.25) is 11.8 Å². The first-order valence-electron chi connectivity index (χ1n) is 5.19. The van der Waals surface area contributed by atoms with Gasteiger partial charge < -0.3 is 21.9 Å². The molecule has 7 nitrogen and oxygen atoms in total.